The Balaban J connectivity index is 1.94. The fourth-order valence-electron chi connectivity index (χ4n) is 2.28. The lowest BCUT2D eigenvalue weighted by Crippen LogP contribution is -2.30. The number of benzene rings is 2. The van der Waals surface area contributed by atoms with Gasteiger partial charge in [-0.1, -0.05) is 42.5 Å². The van der Waals surface area contributed by atoms with Crippen LogP contribution in [0.1, 0.15) is 35.8 Å². The maximum atomic E-state index is 12.2. The van der Waals surface area contributed by atoms with Crippen molar-refractivity contribution in [2.45, 2.75) is 19.9 Å². The predicted molar refractivity (Wildman–Crippen MR) is 93.9 cm³/mol. The number of hydrogen-bond donors (Lipinski definition) is 2. The van der Waals surface area contributed by atoms with Crippen molar-refractivity contribution < 1.29 is 14.3 Å². The van der Waals surface area contributed by atoms with Crippen molar-refractivity contribution in [1.29, 1.82) is 0 Å². The SMILES string of the molecule is CCOC(=O)c1ccccc1NC(=O)CNC(C)c1ccccc1. The van der Waals surface area contributed by atoms with Crippen molar-refractivity contribution >= 4 is 17.6 Å². The van der Waals surface area contributed by atoms with Crippen LogP contribution in [0.5, 0.6) is 0 Å². The highest BCUT2D eigenvalue weighted by Gasteiger charge is 2.14. The van der Waals surface area contributed by atoms with E-state index in [1.807, 2.05) is 37.3 Å². The topological polar surface area (TPSA) is 67.4 Å². The van der Waals surface area contributed by atoms with Crippen LogP contribution >= 0.6 is 0 Å². The fraction of sp³-hybridized carbons (Fsp3) is 0.263. The third kappa shape index (κ3) is 4.93. The van der Waals surface area contributed by atoms with Gasteiger partial charge in [-0.15, -0.1) is 0 Å². The molecule has 0 heterocycles. The van der Waals surface area contributed by atoms with Crippen LogP contribution in [0.3, 0.4) is 0 Å². The summed E-state index contributed by atoms with van der Waals surface area (Å²) >= 11 is 0. The second-order valence-corrected chi connectivity index (χ2v) is 5.33. The summed E-state index contributed by atoms with van der Waals surface area (Å²) in [6.07, 6.45) is 0. The van der Waals surface area contributed by atoms with Crippen LogP contribution in [0.2, 0.25) is 0 Å². The van der Waals surface area contributed by atoms with Crippen LogP contribution in [0.25, 0.3) is 0 Å². The molecule has 2 rings (SSSR count). The molecule has 0 saturated heterocycles. The van der Waals surface area contributed by atoms with Crippen LogP contribution in [-0.4, -0.2) is 25.0 Å². The van der Waals surface area contributed by atoms with Crippen LogP contribution in [0.4, 0.5) is 5.69 Å². The molecule has 5 nitrogen and oxygen atoms in total. The van der Waals surface area contributed by atoms with Gasteiger partial charge in [-0.25, -0.2) is 4.79 Å². The Morgan fingerprint density at radius 2 is 1.71 bits per heavy atom. The number of hydrogen-bond acceptors (Lipinski definition) is 4. The van der Waals surface area contributed by atoms with E-state index in [4.69, 9.17) is 4.74 Å². The summed E-state index contributed by atoms with van der Waals surface area (Å²) in [5.41, 5.74) is 1.91. The molecular formula is C19H22N2O3. The number of para-hydroxylation sites is 1. The third-order valence-electron chi connectivity index (χ3n) is 3.56. The van der Waals surface area contributed by atoms with Gasteiger partial charge in [-0.05, 0) is 31.5 Å². The highest BCUT2D eigenvalue weighted by Crippen LogP contribution is 2.16. The maximum absolute atomic E-state index is 12.2. The smallest absolute Gasteiger partial charge is 0.340 e. The van der Waals surface area contributed by atoms with Gasteiger partial charge in [0.2, 0.25) is 5.91 Å². The molecule has 1 amide bonds. The minimum atomic E-state index is -0.445. The van der Waals surface area contributed by atoms with Gasteiger partial charge in [0.1, 0.15) is 0 Å². The summed E-state index contributed by atoms with van der Waals surface area (Å²) in [7, 11) is 0. The van der Waals surface area contributed by atoms with Gasteiger partial charge in [-0.3, -0.25) is 4.79 Å². The number of carbonyl (C=O) groups is 2. The van der Waals surface area contributed by atoms with Crippen LogP contribution in [0, 0.1) is 0 Å². The van der Waals surface area contributed by atoms with Crippen LogP contribution in [0.15, 0.2) is 54.6 Å². The lowest BCUT2D eigenvalue weighted by Gasteiger charge is -2.15. The molecule has 126 valence electrons. The Bertz CT molecular complexity index is 686. The van der Waals surface area contributed by atoms with E-state index in [-0.39, 0.29) is 25.1 Å². The molecule has 1 unspecified atom stereocenters. The molecule has 0 aromatic heterocycles. The predicted octanol–water partition coefficient (Wildman–Crippen LogP) is 3.15. The van der Waals surface area contributed by atoms with Gasteiger partial charge in [0, 0.05) is 6.04 Å². The number of anilines is 1. The van der Waals surface area contributed by atoms with Crippen molar-refractivity contribution in [2.24, 2.45) is 0 Å². The van der Waals surface area contributed by atoms with E-state index < -0.39 is 5.97 Å². The molecule has 0 fully saturated rings. The summed E-state index contributed by atoms with van der Waals surface area (Å²) in [5.74, 6) is -0.659. The Morgan fingerprint density at radius 1 is 1.04 bits per heavy atom. The van der Waals surface area contributed by atoms with Crippen molar-refractivity contribution in [2.75, 3.05) is 18.5 Å². The highest BCUT2D eigenvalue weighted by molar-refractivity contribution is 6.01. The molecule has 0 bridgehead atoms. The summed E-state index contributed by atoms with van der Waals surface area (Å²) in [6, 6.07) is 16.8. The van der Waals surface area contributed by atoms with Crippen molar-refractivity contribution in [1.82, 2.24) is 5.32 Å². The first-order chi connectivity index (χ1) is 11.6. The lowest BCUT2D eigenvalue weighted by molar-refractivity contribution is -0.115. The minimum Gasteiger partial charge on any atom is -0.462 e. The lowest BCUT2D eigenvalue weighted by atomic mass is 10.1. The average molecular weight is 326 g/mol. The fourth-order valence-corrected chi connectivity index (χ4v) is 2.28. The molecule has 24 heavy (non-hydrogen) atoms. The Kier molecular flexibility index (Phi) is 6.51. The number of rotatable bonds is 7. The van der Waals surface area contributed by atoms with Gasteiger partial charge >= 0.3 is 5.97 Å². The molecule has 1 atom stereocenters. The van der Waals surface area contributed by atoms with Gasteiger partial charge in [-0.2, -0.15) is 0 Å². The Morgan fingerprint density at radius 3 is 2.42 bits per heavy atom. The molecule has 0 saturated carbocycles. The third-order valence-corrected chi connectivity index (χ3v) is 3.56. The number of nitrogens with one attached hydrogen (secondary N) is 2. The summed E-state index contributed by atoms with van der Waals surface area (Å²) in [4.78, 5) is 24.1. The molecule has 0 radical (unpaired) electrons. The standard InChI is InChI=1S/C19H22N2O3/c1-3-24-19(23)16-11-7-8-12-17(16)21-18(22)13-20-14(2)15-9-5-4-6-10-15/h4-12,14,20H,3,13H2,1-2H3,(H,21,22). The molecule has 0 aliphatic rings. The van der Waals surface area contributed by atoms with E-state index >= 15 is 0 Å². The normalized spacial score (nSPS) is 11.6. The van der Waals surface area contributed by atoms with E-state index in [1.165, 1.54) is 0 Å². The van der Waals surface area contributed by atoms with Crippen LogP contribution in [-0.2, 0) is 9.53 Å². The zero-order valence-corrected chi connectivity index (χ0v) is 13.9. The second kappa shape index (κ2) is 8.84. The summed E-state index contributed by atoms with van der Waals surface area (Å²) in [5, 5.41) is 5.92. The molecule has 2 aromatic carbocycles. The Labute approximate surface area is 142 Å². The van der Waals surface area contributed by atoms with E-state index in [9.17, 15) is 9.59 Å². The number of amides is 1. The molecule has 2 N–H and O–H groups in total. The van der Waals surface area contributed by atoms with E-state index in [2.05, 4.69) is 10.6 Å². The number of ether oxygens (including phenoxy) is 1. The zero-order valence-electron chi connectivity index (χ0n) is 13.9. The molecule has 5 heteroatoms. The maximum Gasteiger partial charge on any atom is 0.340 e. The van der Waals surface area contributed by atoms with E-state index in [1.54, 1.807) is 31.2 Å². The largest absolute Gasteiger partial charge is 0.462 e. The first-order valence-electron chi connectivity index (χ1n) is 7.96. The molecule has 2 aromatic rings. The summed E-state index contributed by atoms with van der Waals surface area (Å²) in [6.45, 7) is 4.17. The molecular weight excluding hydrogens is 304 g/mol. The summed E-state index contributed by atoms with van der Waals surface area (Å²) < 4.78 is 5.00. The first-order valence-corrected chi connectivity index (χ1v) is 7.96. The van der Waals surface area contributed by atoms with Crippen LogP contribution < -0.4 is 10.6 Å². The molecule has 0 aliphatic carbocycles. The second-order valence-electron chi connectivity index (χ2n) is 5.33. The van der Waals surface area contributed by atoms with E-state index in [0.717, 1.165) is 5.56 Å². The quantitative estimate of drug-likeness (QED) is 0.767. The van der Waals surface area contributed by atoms with Crippen molar-refractivity contribution in [3.63, 3.8) is 0 Å². The van der Waals surface area contributed by atoms with Crippen molar-refractivity contribution in [3.8, 4) is 0 Å². The first kappa shape index (κ1) is 17.7. The van der Waals surface area contributed by atoms with Gasteiger partial charge in [0.25, 0.3) is 0 Å². The van der Waals surface area contributed by atoms with E-state index in [0.29, 0.717) is 11.3 Å². The van der Waals surface area contributed by atoms with Gasteiger partial charge in [0.05, 0.1) is 24.4 Å². The monoisotopic (exact) mass is 326 g/mol. The van der Waals surface area contributed by atoms with Crippen molar-refractivity contribution in [3.05, 3.63) is 65.7 Å². The number of esters is 1. The average Bonchev–Trinajstić information content (AvgIpc) is 2.61. The zero-order chi connectivity index (χ0) is 17.4. The molecule has 0 aliphatic heterocycles. The van der Waals surface area contributed by atoms with Gasteiger partial charge in [0.15, 0.2) is 0 Å². The minimum absolute atomic E-state index is 0.0530. The van der Waals surface area contributed by atoms with Gasteiger partial charge < -0.3 is 15.4 Å². The number of carbonyl (C=O) groups excluding carboxylic acids is 2. The molecule has 0 spiro atoms. The Hall–Kier alpha value is -2.66. The highest BCUT2D eigenvalue weighted by atomic mass is 16.5.